The molecule has 1 heteroatoms. The van der Waals surface area contributed by atoms with Crippen LogP contribution in [0.5, 0.6) is 0 Å². The molecule has 0 saturated carbocycles. The zero-order valence-electron chi connectivity index (χ0n) is 14.4. The molecule has 0 aliphatic carbocycles. The van der Waals surface area contributed by atoms with Crippen LogP contribution in [0.15, 0.2) is 60.7 Å². The fourth-order valence-corrected chi connectivity index (χ4v) is 3.12. The Morgan fingerprint density at radius 2 is 1.95 bits per heavy atom. The lowest BCUT2D eigenvalue weighted by molar-refractivity contribution is 0.171. The number of hydrogen-bond donors (Lipinski definition) is 0. The van der Waals surface area contributed by atoms with Gasteiger partial charge in [0.15, 0.2) is 0 Å². The minimum absolute atomic E-state index is 0.0389. The highest BCUT2D eigenvalue weighted by Gasteiger charge is 2.35. The first kappa shape index (κ1) is 16.6. The summed E-state index contributed by atoms with van der Waals surface area (Å²) in [5.74, 6) is 0.592. The molecule has 22 heavy (non-hydrogen) atoms. The van der Waals surface area contributed by atoms with Crippen LogP contribution in [0, 0.1) is 5.92 Å². The van der Waals surface area contributed by atoms with E-state index in [9.17, 15) is 0 Å². The lowest BCUT2D eigenvalue weighted by Gasteiger charge is -2.47. The van der Waals surface area contributed by atoms with Gasteiger partial charge in [-0.25, -0.2) is 0 Å². The highest BCUT2D eigenvalue weighted by Crippen LogP contribution is 2.36. The quantitative estimate of drug-likeness (QED) is 0.611. The third kappa shape index (κ3) is 3.35. The molecule has 0 bridgehead atoms. The van der Waals surface area contributed by atoms with Gasteiger partial charge in [0.05, 0.1) is 5.54 Å². The molecule has 0 amide bonds. The molecule has 0 aromatic heterocycles. The molecule has 118 valence electrons. The number of rotatable bonds is 6. The standard InChI is InChI=1S/C21H29N/c1-5-7-16-21(4,18(3)6-2)22-17-12-11-15-20(22)19-13-9-8-10-14-19/h7-16,18H,5-6,17H2,1-4H3. The van der Waals surface area contributed by atoms with E-state index in [2.05, 4.69) is 93.3 Å². The second-order valence-electron chi connectivity index (χ2n) is 6.30. The normalized spacial score (nSPS) is 19.1. The topological polar surface area (TPSA) is 3.24 Å². The molecule has 0 saturated heterocycles. The maximum atomic E-state index is 2.56. The fourth-order valence-electron chi connectivity index (χ4n) is 3.12. The zero-order chi connectivity index (χ0) is 16.0. The molecule has 1 heterocycles. The summed E-state index contributed by atoms with van der Waals surface area (Å²) in [7, 11) is 0. The summed E-state index contributed by atoms with van der Waals surface area (Å²) < 4.78 is 0. The molecule has 1 aromatic rings. The third-order valence-electron chi connectivity index (χ3n) is 4.92. The van der Waals surface area contributed by atoms with Crippen molar-refractivity contribution in [3.63, 3.8) is 0 Å². The van der Waals surface area contributed by atoms with Crippen molar-refractivity contribution < 1.29 is 0 Å². The van der Waals surface area contributed by atoms with Gasteiger partial charge in [-0.1, -0.05) is 81.8 Å². The summed E-state index contributed by atoms with van der Waals surface area (Å²) in [4.78, 5) is 2.56. The van der Waals surface area contributed by atoms with Crippen molar-refractivity contribution in [1.82, 2.24) is 4.90 Å². The highest BCUT2D eigenvalue weighted by atomic mass is 15.2. The van der Waals surface area contributed by atoms with Crippen LogP contribution < -0.4 is 0 Å². The number of allylic oxidation sites excluding steroid dienone is 3. The molecular formula is C21H29N. The van der Waals surface area contributed by atoms with Crippen LogP contribution in [0.2, 0.25) is 0 Å². The Labute approximate surface area is 136 Å². The fraction of sp³-hybridized carbons (Fsp3) is 0.429. The Morgan fingerprint density at radius 3 is 2.59 bits per heavy atom. The van der Waals surface area contributed by atoms with E-state index in [0.29, 0.717) is 5.92 Å². The van der Waals surface area contributed by atoms with Gasteiger partial charge < -0.3 is 4.90 Å². The first-order valence-corrected chi connectivity index (χ1v) is 8.51. The minimum Gasteiger partial charge on any atom is -0.358 e. The SMILES string of the molecule is CCC=CC(C)(C(C)CC)N1CC=CC=C1c1ccccc1. The van der Waals surface area contributed by atoms with Gasteiger partial charge in [0.1, 0.15) is 0 Å². The van der Waals surface area contributed by atoms with Crippen LogP contribution >= 0.6 is 0 Å². The molecule has 0 spiro atoms. The van der Waals surface area contributed by atoms with Crippen molar-refractivity contribution in [1.29, 1.82) is 0 Å². The van der Waals surface area contributed by atoms with Crippen molar-refractivity contribution in [3.8, 4) is 0 Å². The second-order valence-corrected chi connectivity index (χ2v) is 6.30. The Balaban J connectivity index is 2.44. The summed E-state index contributed by atoms with van der Waals surface area (Å²) in [6.45, 7) is 10.2. The first-order chi connectivity index (χ1) is 10.6. The lowest BCUT2D eigenvalue weighted by Crippen LogP contribution is -2.49. The number of benzene rings is 1. The van der Waals surface area contributed by atoms with Crippen LogP contribution in [-0.4, -0.2) is 17.0 Å². The molecule has 1 aromatic carbocycles. The summed E-state index contributed by atoms with van der Waals surface area (Å²) in [5.41, 5.74) is 2.66. The van der Waals surface area contributed by atoms with Crippen LogP contribution in [-0.2, 0) is 0 Å². The van der Waals surface area contributed by atoms with E-state index in [0.717, 1.165) is 13.0 Å². The molecule has 0 N–H and O–H groups in total. The van der Waals surface area contributed by atoms with E-state index in [1.165, 1.54) is 17.7 Å². The predicted octanol–water partition coefficient (Wildman–Crippen LogP) is 5.67. The number of nitrogens with zero attached hydrogens (tertiary/aromatic N) is 1. The molecule has 1 aliphatic heterocycles. The molecule has 2 unspecified atom stereocenters. The van der Waals surface area contributed by atoms with Crippen molar-refractivity contribution in [3.05, 3.63) is 66.3 Å². The van der Waals surface area contributed by atoms with Gasteiger partial charge in [-0.05, 0) is 30.9 Å². The summed E-state index contributed by atoms with van der Waals surface area (Å²) in [6.07, 6.45) is 13.7. The van der Waals surface area contributed by atoms with Crippen LogP contribution in [0.3, 0.4) is 0 Å². The summed E-state index contributed by atoms with van der Waals surface area (Å²) in [5, 5.41) is 0. The van der Waals surface area contributed by atoms with Crippen molar-refractivity contribution in [2.24, 2.45) is 5.92 Å². The van der Waals surface area contributed by atoms with E-state index < -0.39 is 0 Å². The monoisotopic (exact) mass is 295 g/mol. The molecule has 0 radical (unpaired) electrons. The van der Waals surface area contributed by atoms with Crippen molar-refractivity contribution in [2.45, 2.75) is 46.1 Å². The van der Waals surface area contributed by atoms with E-state index in [1.54, 1.807) is 0 Å². The maximum absolute atomic E-state index is 2.56. The summed E-state index contributed by atoms with van der Waals surface area (Å²) in [6, 6.07) is 10.7. The van der Waals surface area contributed by atoms with Crippen LogP contribution in [0.25, 0.3) is 5.70 Å². The van der Waals surface area contributed by atoms with Gasteiger partial charge in [0.2, 0.25) is 0 Å². The van der Waals surface area contributed by atoms with Crippen molar-refractivity contribution >= 4 is 5.70 Å². The highest BCUT2D eigenvalue weighted by molar-refractivity contribution is 5.68. The molecule has 1 aliphatic rings. The van der Waals surface area contributed by atoms with E-state index in [4.69, 9.17) is 0 Å². The average molecular weight is 295 g/mol. The van der Waals surface area contributed by atoms with Gasteiger partial charge in [0, 0.05) is 12.2 Å². The van der Waals surface area contributed by atoms with E-state index >= 15 is 0 Å². The minimum atomic E-state index is 0.0389. The first-order valence-electron chi connectivity index (χ1n) is 8.51. The Morgan fingerprint density at radius 1 is 1.23 bits per heavy atom. The predicted molar refractivity (Wildman–Crippen MR) is 97.6 cm³/mol. The summed E-state index contributed by atoms with van der Waals surface area (Å²) >= 11 is 0. The van der Waals surface area contributed by atoms with Crippen LogP contribution in [0.1, 0.15) is 46.1 Å². The molecule has 0 fully saturated rings. The number of hydrogen-bond acceptors (Lipinski definition) is 1. The van der Waals surface area contributed by atoms with E-state index in [-0.39, 0.29) is 5.54 Å². The lowest BCUT2D eigenvalue weighted by atomic mass is 9.81. The van der Waals surface area contributed by atoms with Gasteiger partial charge in [-0.2, -0.15) is 0 Å². The van der Waals surface area contributed by atoms with E-state index in [1.807, 2.05) is 0 Å². The Bertz CT molecular complexity index is 553. The van der Waals surface area contributed by atoms with Crippen LogP contribution in [0.4, 0.5) is 0 Å². The smallest absolute Gasteiger partial charge is 0.0585 e. The molecule has 2 atom stereocenters. The molecule has 2 rings (SSSR count). The molecule has 1 nitrogen and oxygen atoms in total. The van der Waals surface area contributed by atoms with Crippen molar-refractivity contribution in [2.75, 3.05) is 6.54 Å². The Hall–Kier alpha value is -1.76. The Kier molecular flexibility index (Phi) is 5.65. The van der Waals surface area contributed by atoms with Gasteiger partial charge in [-0.3, -0.25) is 0 Å². The zero-order valence-corrected chi connectivity index (χ0v) is 14.4. The van der Waals surface area contributed by atoms with Gasteiger partial charge >= 0.3 is 0 Å². The van der Waals surface area contributed by atoms with Gasteiger partial charge in [-0.15, -0.1) is 0 Å². The molecular weight excluding hydrogens is 266 g/mol. The largest absolute Gasteiger partial charge is 0.358 e. The van der Waals surface area contributed by atoms with Gasteiger partial charge in [0.25, 0.3) is 0 Å². The average Bonchev–Trinajstić information content (AvgIpc) is 2.59. The third-order valence-corrected chi connectivity index (χ3v) is 4.92. The maximum Gasteiger partial charge on any atom is 0.0585 e. The second kappa shape index (κ2) is 7.49.